The van der Waals surface area contributed by atoms with E-state index in [1.807, 2.05) is 6.92 Å². The van der Waals surface area contributed by atoms with E-state index in [1.54, 1.807) is 53.1 Å². The predicted molar refractivity (Wildman–Crippen MR) is 102 cm³/mol. The number of carbonyl (C=O) groups is 2. The molecular weight excluding hydrogens is 352 g/mol. The standard InChI is InChI=1S/C19H17ClN4O2/c1-3-9-21-18(25)16-15-6-4-5-10-24(15)17(23-16)19(26)22-14-8-7-13(20)11-12(14)2/h3-8,10-11H,1,9H2,2H3,(H,21,25)(H,22,26). The maximum atomic E-state index is 12.7. The Labute approximate surface area is 155 Å². The van der Waals surface area contributed by atoms with Gasteiger partial charge in [0.1, 0.15) is 0 Å². The van der Waals surface area contributed by atoms with Crippen molar-refractivity contribution in [2.45, 2.75) is 6.92 Å². The van der Waals surface area contributed by atoms with Crippen molar-refractivity contribution in [2.24, 2.45) is 0 Å². The Morgan fingerprint density at radius 2 is 2.08 bits per heavy atom. The number of carbonyl (C=O) groups excluding carboxylic acids is 2. The van der Waals surface area contributed by atoms with E-state index in [-0.39, 0.29) is 17.4 Å². The molecule has 7 heteroatoms. The average Bonchev–Trinajstić information content (AvgIpc) is 3.02. The summed E-state index contributed by atoms with van der Waals surface area (Å²) in [6.45, 7) is 5.73. The van der Waals surface area contributed by atoms with Crippen molar-refractivity contribution in [2.75, 3.05) is 11.9 Å². The van der Waals surface area contributed by atoms with Crippen molar-refractivity contribution in [3.05, 3.63) is 77.4 Å². The van der Waals surface area contributed by atoms with E-state index in [1.165, 1.54) is 0 Å². The molecule has 0 atom stereocenters. The molecule has 132 valence electrons. The Kier molecular flexibility index (Phi) is 5.04. The van der Waals surface area contributed by atoms with Gasteiger partial charge in [0.05, 0.1) is 5.52 Å². The summed E-state index contributed by atoms with van der Waals surface area (Å²) in [5.41, 5.74) is 2.19. The smallest absolute Gasteiger partial charge is 0.292 e. The third-order valence-corrected chi connectivity index (χ3v) is 4.05. The average molecular weight is 369 g/mol. The third kappa shape index (κ3) is 3.45. The van der Waals surface area contributed by atoms with Gasteiger partial charge in [0.15, 0.2) is 5.69 Å². The van der Waals surface area contributed by atoms with Crippen molar-refractivity contribution in [3.8, 4) is 0 Å². The molecule has 2 N–H and O–H groups in total. The first-order valence-corrected chi connectivity index (χ1v) is 8.32. The lowest BCUT2D eigenvalue weighted by atomic mass is 10.2. The molecule has 0 bridgehead atoms. The maximum Gasteiger partial charge on any atom is 0.292 e. The van der Waals surface area contributed by atoms with Crippen LogP contribution in [0.5, 0.6) is 0 Å². The van der Waals surface area contributed by atoms with Crippen LogP contribution in [0.2, 0.25) is 5.02 Å². The lowest BCUT2D eigenvalue weighted by Gasteiger charge is -2.08. The van der Waals surface area contributed by atoms with Crippen LogP contribution in [0, 0.1) is 6.92 Å². The van der Waals surface area contributed by atoms with Gasteiger partial charge in [0.2, 0.25) is 5.82 Å². The van der Waals surface area contributed by atoms with Crippen LogP contribution in [0.1, 0.15) is 26.7 Å². The molecule has 0 saturated heterocycles. The second kappa shape index (κ2) is 7.41. The van der Waals surface area contributed by atoms with Crippen molar-refractivity contribution in [3.63, 3.8) is 0 Å². The summed E-state index contributed by atoms with van der Waals surface area (Å²) in [6.07, 6.45) is 3.27. The number of fused-ring (bicyclic) bond motifs is 1. The fourth-order valence-electron chi connectivity index (χ4n) is 2.56. The van der Waals surface area contributed by atoms with Gasteiger partial charge >= 0.3 is 0 Å². The second-order valence-corrected chi connectivity index (χ2v) is 6.09. The molecule has 0 fully saturated rings. The number of imidazole rings is 1. The zero-order valence-corrected chi connectivity index (χ0v) is 14.9. The van der Waals surface area contributed by atoms with Gasteiger partial charge in [-0.1, -0.05) is 23.7 Å². The number of nitrogens with one attached hydrogen (secondary N) is 2. The first kappa shape index (κ1) is 17.7. The van der Waals surface area contributed by atoms with E-state index < -0.39 is 5.91 Å². The van der Waals surface area contributed by atoms with Crippen LogP contribution < -0.4 is 10.6 Å². The van der Waals surface area contributed by atoms with Gasteiger partial charge < -0.3 is 10.6 Å². The largest absolute Gasteiger partial charge is 0.347 e. The zero-order valence-electron chi connectivity index (χ0n) is 14.1. The number of halogens is 1. The molecule has 2 heterocycles. The first-order valence-electron chi connectivity index (χ1n) is 7.95. The van der Waals surface area contributed by atoms with Crippen molar-refractivity contribution in [1.82, 2.24) is 14.7 Å². The molecule has 3 rings (SSSR count). The predicted octanol–water partition coefficient (Wildman–Crippen LogP) is 3.46. The van der Waals surface area contributed by atoms with E-state index in [0.29, 0.717) is 22.8 Å². The molecule has 0 saturated carbocycles. The van der Waals surface area contributed by atoms with Crippen LogP contribution >= 0.6 is 11.6 Å². The fourth-order valence-corrected chi connectivity index (χ4v) is 2.79. The second-order valence-electron chi connectivity index (χ2n) is 5.65. The molecule has 2 amide bonds. The SMILES string of the molecule is C=CCNC(=O)c1nc(C(=O)Nc2ccc(Cl)cc2C)n2ccccc12. The number of hydrogen-bond acceptors (Lipinski definition) is 3. The molecular formula is C19H17ClN4O2. The lowest BCUT2D eigenvalue weighted by molar-refractivity contribution is 0.0955. The molecule has 6 nitrogen and oxygen atoms in total. The van der Waals surface area contributed by atoms with Crippen LogP contribution in [-0.2, 0) is 0 Å². The summed E-state index contributed by atoms with van der Waals surface area (Å²) in [6, 6.07) is 10.5. The van der Waals surface area contributed by atoms with Crippen molar-refractivity contribution >= 4 is 34.6 Å². The topological polar surface area (TPSA) is 75.5 Å². The molecule has 0 unspecified atom stereocenters. The highest BCUT2D eigenvalue weighted by molar-refractivity contribution is 6.30. The van der Waals surface area contributed by atoms with E-state index in [0.717, 1.165) is 5.56 Å². The van der Waals surface area contributed by atoms with E-state index in [2.05, 4.69) is 22.2 Å². The molecule has 26 heavy (non-hydrogen) atoms. The Balaban J connectivity index is 1.97. The number of rotatable bonds is 5. The van der Waals surface area contributed by atoms with E-state index in [9.17, 15) is 9.59 Å². The minimum absolute atomic E-state index is 0.124. The Morgan fingerprint density at radius 3 is 2.81 bits per heavy atom. The minimum Gasteiger partial charge on any atom is -0.347 e. The highest BCUT2D eigenvalue weighted by atomic mass is 35.5. The van der Waals surface area contributed by atoms with Gasteiger partial charge in [0.25, 0.3) is 11.8 Å². The summed E-state index contributed by atoms with van der Waals surface area (Å²) < 4.78 is 1.59. The Morgan fingerprint density at radius 1 is 1.27 bits per heavy atom. The van der Waals surface area contributed by atoms with Crippen LogP contribution in [-0.4, -0.2) is 27.7 Å². The number of amides is 2. The maximum absolute atomic E-state index is 12.7. The van der Waals surface area contributed by atoms with Gasteiger partial charge in [-0.3, -0.25) is 14.0 Å². The Hall–Kier alpha value is -3.12. The van der Waals surface area contributed by atoms with Gasteiger partial charge in [0, 0.05) is 23.5 Å². The number of aryl methyl sites for hydroxylation is 1. The highest BCUT2D eigenvalue weighted by Crippen LogP contribution is 2.21. The van der Waals surface area contributed by atoms with Gasteiger partial charge in [-0.05, 0) is 42.8 Å². The monoisotopic (exact) mass is 368 g/mol. The normalized spacial score (nSPS) is 10.5. The van der Waals surface area contributed by atoms with Crippen molar-refractivity contribution in [1.29, 1.82) is 0 Å². The number of pyridine rings is 1. The summed E-state index contributed by atoms with van der Waals surface area (Å²) in [7, 11) is 0. The molecule has 0 spiro atoms. The lowest BCUT2D eigenvalue weighted by Crippen LogP contribution is -2.24. The highest BCUT2D eigenvalue weighted by Gasteiger charge is 2.21. The summed E-state index contributed by atoms with van der Waals surface area (Å²) in [4.78, 5) is 29.3. The number of benzene rings is 1. The van der Waals surface area contributed by atoms with Crippen LogP contribution in [0.4, 0.5) is 5.69 Å². The zero-order chi connectivity index (χ0) is 18.7. The summed E-state index contributed by atoms with van der Waals surface area (Å²) in [5.74, 6) is -0.659. The minimum atomic E-state index is -0.417. The number of aromatic nitrogens is 2. The van der Waals surface area contributed by atoms with Crippen LogP contribution in [0.15, 0.2) is 55.3 Å². The number of anilines is 1. The van der Waals surface area contributed by atoms with Crippen LogP contribution in [0.3, 0.4) is 0 Å². The van der Waals surface area contributed by atoms with Crippen molar-refractivity contribution < 1.29 is 9.59 Å². The van der Waals surface area contributed by atoms with Gasteiger partial charge in [-0.2, -0.15) is 0 Å². The van der Waals surface area contributed by atoms with Gasteiger partial charge in [-0.15, -0.1) is 6.58 Å². The fraction of sp³-hybridized carbons (Fsp3) is 0.105. The molecule has 1 aromatic carbocycles. The summed E-state index contributed by atoms with van der Waals surface area (Å²) >= 11 is 5.95. The third-order valence-electron chi connectivity index (χ3n) is 3.81. The van der Waals surface area contributed by atoms with E-state index >= 15 is 0 Å². The molecule has 3 aromatic rings. The number of nitrogens with zero attached hydrogens (tertiary/aromatic N) is 2. The van der Waals surface area contributed by atoms with Crippen LogP contribution in [0.25, 0.3) is 5.52 Å². The molecule has 0 radical (unpaired) electrons. The van der Waals surface area contributed by atoms with Gasteiger partial charge in [-0.25, -0.2) is 4.98 Å². The molecule has 2 aromatic heterocycles. The molecule has 0 aliphatic heterocycles. The molecule has 0 aliphatic carbocycles. The Bertz CT molecular complexity index is 1010. The quantitative estimate of drug-likeness (QED) is 0.677. The number of hydrogen-bond donors (Lipinski definition) is 2. The summed E-state index contributed by atoms with van der Waals surface area (Å²) in [5, 5.41) is 6.08. The van der Waals surface area contributed by atoms with E-state index in [4.69, 9.17) is 11.6 Å². The molecule has 0 aliphatic rings. The first-order chi connectivity index (χ1) is 12.5.